The Kier molecular flexibility index (Phi) is 5.38. The first-order valence-corrected chi connectivity index (χ1v) is 9.92. The summed E-state index contributed by atoms with van der Waals surface area (Å²) in [5, 5.41) is 2.25. The minimum atomic E-state index is -3.71. The fourth-order valence-corrected chi connectivity index (χ4v) is 4.42. The predicted molar refractivity (Wildman–Crippen MR) is 97.3 cm³/mol. The Morgan fingerprint density at radius 2 is 1.56 bits per heavy atom. The lowest BCUT2D eigenvalue weighted by Crippen LogP contribution is -2.28. The highest BCUT2D eigenvalue weighted by Crippen LogP contribution is 2.30. The van der Waals surface area contributed by atoms with Crippen LogP contribution in [0.4, 0.5) is 5.69 Å². The number of amides is 1. The highest BCUT2D eigenvalue weighted by molar-refractivity contribution is 7.87. The number of para-hydroxylation sites is 2. The molecule has 0 heterocycles. The molecule has 0 radical (unpaired) electrons. The second kappa shape index (κ2) is 7.70. The van der Waals surface area contributed by atoms with E-state index in [-0.39, 0.29) is 11.7 Å². The van der Waals surface area contributed by atoms with Gasteiger partial charge < -0.3 is 9.50 Å². The van der Waals surface area contributed by atoms with Crippen LogP contribution in [0.25, 0.3) is 0 Å². The van der Waals surface area contributed by atoms with E-state index in [9.17, 15) is 13.2 Å². The van der Waals surface area contributed by atoms with Crippen molar-refractivity contribution in [2.75, 3.05) is 5.32 Å². The highest BCUT2D eigenvalue weighted by atomic mass is 32.2. The summed E-state index contributed by atoms with van der Waals surface area (Å²) in [4.78, 5) is 12.3. The van der Waals surface area contributed by atoms with Crippen molar-refractivity contribution in [2.45, 2.75) is 37.4 Å². The van der Waals surface area contributed by atoms with Crippen molar-refractivity contribution >= 4 is 21.7 Å². The molecule has 132 valence electrons. The summed E-state index contributed by atoms with van der Waals surface area (Å²) in [6.07, 6.45) is 4.12. The molecule has 0 aliphatic heterocycles. The molecule has 1 saturated carbocycles. The zero-order valence-corrected chi connectivity index (χ0v) is 14.7. The van der Waals surface area contributed by atoms with Crippen LogP contribution in [-0.4, -0.2) is 19.6 Å². The zero-order valence-electron chi connectivity index (χ0n) is 13.9. The smallest absolute Gasteiger partial charge is 0.312 e. The van der Waals surface area contributed by atoms with Gasteiger partial charge in [-0.05, 0) is 37.1 Å². The van der Waals surface area contributed by atoms with E-state index in [4.69, 9.17) is 4.18 Å². The van der Waals surface area contributed by atoms with Gasteiger partial charge in [0.25, 0.3) is 5.91 Å². The van der Waals surface area contributed by atoms with Gasteiger partial charge in [0.2, 0.25) is 0 Å². The lowest BCUT2D eigenvalue weighted by Gasteiger charge is -2.22. The molecule has 0 unspecified atom stereocenters. The van der Waals surface area contributed by atoms with Gasteiger partial charge in [-0.3, -0.25) is 4.79 Å². The molecule has 6 heteroatoms. The average molecular weight is 359 g/mol. The normalized spacial score (nSPS) is 15.5. The summed E-state index contributed by atoms with van der Waals surface area (Å²) in [5.41, 5.74) is 0.836. The molecule has 25 heavy (non-hydrogen) atoms. The standard InChI is InChI=1S/C19H21NO4S/c21-19(15-9-3-1-4-10-15)20-17-13-7-8-14-18(17)24-25(22,23)16-11-5-2-6-12-16/h1,3-4,7-10,13-14,16H,2,5-6,11-12H2,(H,20,21). The monoisotopic (exact) mass is 359 g/mol. The van der Waals surface area contributed by atoms with Gasteiger partial charge in [-0.2, -0.15) is 8.42 Å². The van der Waals surface area contributed by atoms with Crippen molar-refractivity contribution in [3.8, 4) is 5.75 Å². The van der Waals surface area contributed by atoms with Gasteiger partial charge in [-0.1, -0.05) is 49.6 Å². The van der Waals surface area contributed by atoms with Crippen molar-refractivity contribution < 1.29 is 17.4 Å². The Bertz CT molecular complexity index is 828. The Morgan fingerprint density at radius 3 is 2.28 bits per heavy atom. The van der Waals surface area contributed by atoms with Gasteiger partial charge in [0, 0.05) is 5.56 Å². The molecule has 3 rings (SSSR count). The van der Waals surface area contributed by atoms with Crippen molar-refractivity contribution in [1.29, 1.82) is 0 Å². The summed E-state index contributed by atoms with van der Waals surface area (Å²) in [6.45, 7) is 0. The van der Waals surface area contributed by atoms with Crippen LogP contribution in [0.1, 0.15) is 42.5 Å². The van der Waals surface area contributed by atoms with Gasteiger partial charge in [-0.25, -0.2) is 0 Å². The lowest BCUT2D eigenvalue weighted by atomic mass is 10.0. The highest BCUT2D eigenvalue weighted by Gasteiger charge is 2.29. The van der Waals surface area contributed by atoms with Gasteiger partial charge in [-0.15, -0.1) is 0 Å². The summed E-state index contributed by atoms with van der Waals surface area (Å²) in [7, 11) is -3.71. The van der Waals surface area contributed by atoms with Gasteiger partial charge in [0.1, 0.15) is 0 Å². The Balaban J connectivity index is 1.78. The molecule has 1 aliphatic carbocycles. The molecular formula is C19H21NO4S. The van der Waals surface area contributed by atoms with Gasteiger partial charge in [0.05, 0.1) is 10.9 Å². The number of rotatable bonds is 5. The second-order valence-corrected chi connectivity index (χ2v) is 7.97. The number of hydrogen-bond donors (Lipinski definition) is 1. The van der Waals surface area contributed by atoms with Crippen LogP contribution in [0.2, 0.25) is 0 Å². The van der Waals surface area contributed by atoms with E-state index in [0.717, 1.165) is 19.3 Å². The summed E-state index contributed by atoms with van der Waals surface area (Å²) in [5.74, 6) is -0.163. The zero-order chi connectivity index (χ0) is 17.7. The number of carbonyl (C=O) groups is 1. The maximum Gasteiger partial charge on any atom is 0.312 e. The molecule has 0 saturated heterocycles. The fourth-order valence-electron chi connectivity index (χ4n) is 2.97. The van der Waals surface area contributed by atoms with Crippen molar-refractivity contribution in [3.05, 3.63) is 60.2 Å². The molecule has 1 fully saturated rings. The Hall–Kier alpha value is -2.34. The summed E-state index contributed by atoms with van der Waals surface area (Å²) < 4.78 is 30.4. The molecule has 1 amide bonds. The van der Waals surface area contributed by atoms with E-state index in [1.54, 1.807) is 48.5 Å². The topological polar surface area (TPSA) is 72.5 Å². The van der Waals surface area contributed by atoms with Crippen LogP contribution in [0.15, 0.2) is 54.6 Å². The quantitative estimate of drug-likeness (QED) is 0.820. The van der Waals surface area contributed by atoms with Crippen LogP contribution in [0.3, 0.4) is 0 Å². The van der Waals surface area contributed by atoms with E-state index in [1.165, 1.54) is 0 Å². The number of anilines is 1. The van der Waals surface area contributed by atoms with Gasteiger partial charge in [0.15, 0.2) is 5.75 Å². The van der Waals surface area contributed by atoms with Crippen molar-refractivity contribution in [3.63, 3.8) is 0 Å². The number of benzene rings is 2. The van der Waals surface area contributed by atoms with Crippen LogP contribution in [-0.2, 0) is 10.1 Å². The van der Waals surface area contributed by atoms with E-state index < -0.39 is 15.4 Å². The third-order valence-electron chi connectivity index (χ3n) is 4.34. The number of hydrogen-bond acceptors (Lipinski definition) is 4. The first-order chi connectivity index (χ1) is 12.1. The van der Waals surface area contributed by atoms with E-state index in [2.05, 4.69) is 5.32 Å². The van der Waals surface area contributed by atoms with Gasteiger partial charge >= 0.3 is 10.1 Å². The predicted octanol–water partition coefficient (Wildman–Crippen LogP) is 3.98. The number of nitrogens with one attached hydrogen (secondary N) is 1. The first kappa shape index (κ1) is 17.5. The summed E-state index contributed by atoms with van der Waals surface area (Å²) >= 11 is 0. The van der Waals surface area contributed by atoms with Crippen molar-refractivity contribution in [2.24, 2.45) is 0 Å². The molecule has 0 aromatic heterocycles. The lowest BCUT2D eigenvalue weighted by molar-refractivity contribution is 0.102. The Morgan fingerprint density at radius 1 is 0.920 bits per heavy atom. The minimum Gasteiger partial charge on any atom is -0.380 e. The molecule has 1 N–H and O–H groups in total. The summed E-state index contributed by atoms with van der Waals surface area (Å²) in [6, 6.07) is 15.3. The minimum absolute atomic E-state index is 0.150. The maximum absolute atomic E-state index is 12.5. The second-order valence-electron chi connectivity index (χ2n) is 6.15. The first-order valence-electron chi connectivity index (χ1n) is 8.45. The molecule has 0 spiro atoms. The molecule has 0 bridgehead atoms. The maximum atomic E-state index is 12.5. The van der Waals surface area contributed by atoms with E-state index in [0.29, 0.717) is 24.1 Å². The molecule has 5 nitrogen and oxygen atoms in total. The molecule has 2 aromatic carbocycles. The van der Waals surface area contributed by atoms with Crippen molar-refractivity contribution in [1.82, 2.24) is 0 Å². The van der Waals surface area contributed by atoms with Crippen LogP contribution in [0.5, 0.6) is 5.75 Å². The van der Waals surface area contributed by atoms with Crippen LogP contribution in [0, 0.1) is 0 Å². The van der Waals surface area contributed by atoms with E-state index in [1.807, 2.05) is 6.07 Å². The van der Waals surface area contributed by atoms with E-state index >= 15 is 0 Å². The average Bonchev–Trinajstić information content (AvgIpc) is 2.64. The third kappa shape index (κ3) is 4.39. The third-order valence-corrected chi connectivity index (χ3v) is 6.04. The molecule has 2 aromatic rings. The van der Waals surface area contributed by atoms with Crippen LogP contribution < -0.4 is 9.50 Å². The van der Waals surface area contributed by atoms with Crippen LogP contribution >= 0.6 is 0 Å². The Labute approximate surface area is 148 Å². The molecular weight excluding hydrogens is 338 g/mol. The number of carbonyl (C=O) groups excluding carboxylic acids is 1. The molecule has 0 atom stereocenters. The molecule has 1 aliphatic rings. The largest absolute Gasteiger partial charge is 0.380 e. The fraction of sp³-hybridized carbons (Fsp3) is 0.316. The SMILES string of the molecule is O=C(Nc1ccccc1OS(=O)(=O)C1CCCCC1)c1ccccc1.